The van der Waals surface area contributed by atoms with E-state index in [1.54, 1.807) is 38.1 Å². The Labute approximate surface area is 115 Å². The van der Waals surface area contributed by atoms with Gasteiger partial charge in [0, 0.05) is 13.2 Å². The van der Waals surface area contributed by atoms with Crippen LogP contribution in [0.25, 0.3) is 0 Å². The Hall–Kier alpha value is -0.950. The SMILES string of the molecule is COCC(C)(C)NS(=O)(=O)c1ccc(C(C)N)cc1. The van der Waals surface area contributed by atoms with Crippen LogP contribution in [0.4, 0.5) is 0 Å². The molecule has 0 aliphatic carbocycles. The molecule has 1 aromatic carbocycles. The maximum Gasteiger partial charge on any atom is 0.241 e. The molecule has 0 aromatic heterocycles. The van der Waals surface area contributed by atoms with Gasteiger partial charge in [-0.1, -0.05) is 12.1 Å². The van der Waals surface area contributed by atoms with Gasteiger partial charge in [-0.15, -0.1) is 0 Å². The quantitative estimate of drug-likeness (QED) is 0.828. The van der Waals surface area contributed by atoms with Crippen LogP contribution in [0.1, 0.15) is 32.4 Å². The van der Waals surface area contributed by atoms with Gasteiger partial charge in [0.2, 0.25) is 10.0 Å². The van der Waals surface area contributed by atoms with Crippen molar-refractivity contribution in [1.82, 2.24) is 4.72 Å². The first kappa shape index (κ1) is 16.1. The molecular weight excluding hydrogens is 264 g/mol. The van der Waals surface area contributed by atoms with E-state index in [1.807, 2.05) is 6.92 Å². The Bertz CT molecular complexity index is 507. The van der Waals surface area contributed by atoms with Gasteiger partial charge in [-0.3, -0.25) is 0 Å². The van der Waals surface area contributed by atoms with Crippen LogP contribution < -0.4 is 10.5 Å². The number of hydrogen-bond acceptors (Lipinski definition) is 4. The maximum atomic E-state index is 12.2. The molecule has 0 radical (unpaired) electrons. The summed E-state index contributed by atoms with van der Waals surface area (Å²) in [5, 5.41) is 0. The summed E-state index contributed by atoms with van der Waals surface area (Å²) in [5.74, 6) is 0. The lowest BCUT2D eigenvalue weighted by atomic mass is 10.1. The molecule has 0 saturated heterocycles. The van der Waals surface area contributed by atoms with Gasteiger partial charge in [-0.05, 0) is 38.5 Å². The molecule has 3 N–H and O–H groups in total. The van der Waals surface area contributed by atoms with Crippen molar-refractivity contribution in [2.45, 2.75) is 37.2 Å². The zero-order valence-electron chi connectivity index (χ0n) is 11.8. The molecule has 0 amide bonds. The fourth-order valence-corrected chi connectivity index (χ4v) is 3.16. The first-order valence-electron chi connectivity index (χ1n) is 6.06. The predicted molar refractivity (Wildman–Crippen MR) is 75.3 cm³/mol. The van der Waals surface area contributed by atoms with E-state index in [-0.39, 0.29) is 10.9 Å². The van der Waals surface area contributed by atoms with E-state index in [9.17, 15) is 8.42 Å². The van der Waals surface area contributed by atoms with Gasteiger partial charge in [0.25, 0.3) is 0 Å². The van der Waals surface area contributed by atoms with Gasteiger partial charge in [0.05, 0.1) is 17.0 Å². The second-order valence-electron chi connectivity index (χ2n) is 5.28. The van der Waals surface area contributed by atoms with Gasteiger partial charge in [0.1, 0.15) is 0 Å². The lowest BCUT2D eigenvalue weighted by Crippen LogP contribution is -2.46. The van der Waals surface area contributed by atoms with Gasteiger partial charge in [-0.2, -0.15) is 0 Å². The highest BCUT2D eigenvalue weighted by molar-refractivity contribution is 7.89. The van der Waals surface area contributed by atoms with Gasteiger partial charge < -0.3 is 10.5 Å². The van der Waals surface area contributed by atoms with Crippen molar-refractivity contribution < 1.29 is 13.2 Å². The second-order valence-corrected chi connectivity index (χ2v) is 6.96. The van der Waals surface area contributed by atoms with Crippen LogP contribution in [0, 0.1) is 0 Å². The molecule has 1 rings (SSSR count). The summed E-state index contributed by atoms with van der Waals surface area (Å²) in [6.45, 7) is 5.68. The van der Waals surface area contributed by atoms with Crippen molar-refractivity contribution in [3.8, 4) is 0 Å². The summed E-state index contributed by atoms with van der Waals surface area (Å²) < 4.78 is 32.0. The summed E-state index contributed by atoms with van der Waals surface area (Å²) in [7, 11) is -2.02. The molecule has 1 atom stereocenters. The lowest BCUT2D eigenvalue weighted by Gasteiger charge is -2.25. The first-order valence-corrected chi connectivity index (χ1v) is 7.55. The normalized spacial score (nSPS) is 14.4. The predicted octanol–water partition coefficient (Wildman–Crippen LogP) is 1.41. The van der Waals surface area contributed by atoms with Crippen molar-refractivity contribution in [1.29, 1.82) is 0 Å². The number of methoxy groups -OCH3 is 1. The topological polar surface area (TPSA) is 81.4 Å². The standard InChI is InChI=1S/C13H22N2O3S/c1-10(14)11-5-7-12(8-6-11)19(16,17)15-13(2,3)9-18-4/h5-8,10,15H,9,14H2,1-4H3. The van der Waals surface area contributed by atoms with Crippen molar-refractivity contribution in [3.63, 3.8) is 0 Å². The minimum absolute atomic E-state index is 0.116. The average molecular weight is 286 g/mol. The number of hydrogen-bond donors (Lipinski definition) is 2. The largest absolute Gasteiger partial charge is 0.383 e. The van der Waals surface area contributed by atoms with Crippen molar-refractivity contribution >= 4 is 10.0 Å². The number of benzene rings is 1. The van der Waals surface area contributed by atoms with E-state index in [2.05, 4.69) is 4.72 Å². The zero-order valence-corrected chi connectivity index (χ0v) is 12.6. The van der Waals surface area contributed by atoms with Crippen LogP contribution in [0.15, 0.2) is 29.2 Å². The molecule has 6 heteroatoms. The lowest BCUT2D eigenvalue weighted by molar-refractivity contribution is 0.141. The number of nitrogens with one attached hydrogen (secondary N) is 1. The Kier molecular flexibility index (Phi) is 5.09. The van der Waals surface area contributed by atoms with Crippen LogP contribution in [0.2, 0.25) is 0 Å². The van der Waals surface area contributed by atoms with Gasteiger partial charge in [-0.25, -0.2) is 13.1 Å². The fourth-order valence-electron chi connectivity index (χ4n) is 1.76. The number of ether oxygens (including phenoxy) is 1. The van der Waals surface area contributed by atoms with Gasteiger partial charge >= 0.3 is 0 Å². The molecule has 0 aliphatic heterocycles. The van der Waals surface area contributed by atoms with Crippen LogP contribution >= 0.6 is 0 Å². The molecule has 19 heavy (non-hydrogen) atoms. The van der Waals surface area contributed by atoms with Crippen LogP contribution in [-0.4, -0.2) is 27.7 Å². The third-order valence-corrected chi connectivity index (χ3v) is 4.35. The van der Waals surface area contributed by atoms with Crippen LogP contribution in [0.5, 0.6) is 0 Å². The highest BCUT2D eigenvalue weighted by Crippen LogP contribution is 2.16. The minimum Gasteiger partial charge on any atom is -0.383 e. The van der Waals surface area contributed by atoms with E-state index in [4.69, 9.17) is 10.5 Å². The highest BCUT2D eigenvalue weighted by Gasteiger charge is 2.26. The molecule has 0 bridgehead atoms. The molecule has 0 saturated carbocycles. The third-order valence-electron chi connectivity index (χ3n) is 2.63. The Morgan fingerprint density at radius 1 is 1.32 bits per heavy atom. The average Bonchev–Trinajstić information content (AvgIpc) is 2.27. The number of nitrogens with two attached hydrogens (primary N) is 1. The van der Waals surface area contributed by atoms with E-state index in [0.717, 1.165) is 5.56 Å². The summed E-state index contributed by atoms with van der Waals surface area (Å²) in [6.07, 6.45) is 0. The van der Waals surface area contributed by atoms with Crippen molar-refractivity contribution in [3.05, 3.63) is 29.8 Å². The van der Waals surface area contributed by atoms with E-state index < -0.39 is 15.6 Å². The summed E-state index contributed by atoms with van der Waals surface area (Å²) in [5.41, 5.74) is 5.97. The Morgan fingerprint density at radius 2 is 1.84 bits per heavy atom. The Balaban J connectivity index is 2.94. The van der Waals surface area contributed by atoms with Crippen molar-refractivity contribution in [2.24, 2.45) is 5.73 Å². The third kappa shape index (κ3) is 4.58. The second kappa shape index (κ2) is 6.00. The summed E-state index contributed by atoms with van der Waals surface area (Å²) in [4.78, 5) is 0.223. The molecular formula is C13H22N2O3S. The minimum atomic E-state index is -3.55. The van der Waals surface area contributed by atoms with E-state index in [0.29, 0.717) is 6.61 Å². The smallest absolute Gasteiger partial charge is 0.241 e. The van der Waals surface area contributed by atoms with E-state index >= 15 is 0 Å². The molecule has 0 heterocycles. The molecule has 108 valence electrons. The van der Waals surface area contributed by atoms with Crippen LogP contribution in [-0.2, 0) is 14.8 Å². The number of sulfonamides is 1. The molecule has 1 aromatic rings. The van der Waals surface area contributed by atoms with Crippen molar-refractivity contribution in [2.75, 3.05) is 13.7 Å². The summed E-state index contributed by atoms with van der Waals surface area (Å²) in [6, 6.07) is 6.45. The summed E-state index contributed by atoms with van der Waals surface area (Å²) >= 11 is 0. The number of rotatable bonds is 6. The monoisotopic (exact) mass is 286 g/mol. The van der Waals surface area contributed by atoms with Crippen LogP contribution in [0.3, 0.4) is 0 Å². The molecule has 0 spiro atoms. The van der Waals surface area contributed by atoms with E-state index in [1.165, 1.54) is 7.11 Å². The maximum absolute atomic E-state index is 12.2. The molecule has 5 nitrogen and oxygen atoms in total. The van der Waals surface area contributed by atoms with Gasteiger partial charge in [0.15, 0.2) is 0 Å². The fraction of sp³-hybridized carbons (Fsp3) is 0.538. The zero-order chi connectivity index (χ0) is 14.7. The first-order chi connectivity index (χ1) is 8.68. The molecule has 0 aliphatic rings. The molecule has 0 fully saturated rings. The highest BCUT2D eigenvalue weighted by atomic mass is 32.2. The Morgan fingerprint density at radius 3 is 2.26 bits per heavy atom. The molecule has 1 unspecified atom stereocenters.